The molecule has 0 fully saturated rings. The molecule has 3 nitrogen and oxygen atoms in total. The highest BCUT2D eigenvalue weighted by Gasteiger charge is 2.03. The summed E-state index contributed by atoms with van der Waals surface area (Å²) in [6, 6.07) is 5.78. The van der Waals surface area contributed by atoms with Crippen LogP contribution in [0.15, 0.2) is 51.4 Å². The molecule has 5 heteroatoms. The minimum absolute atomic E-state index is 0.874. The normalized spacial score (nSPS) is 10.1. The van der Waals surface area contributed by atoms with E-state index in [-0.39, 0.29) is 0 Å². The molecular formula is C9H6BrN3S. The number of hydrogen-bond donors (Lipinski definition) is 0. The molecule has 2 aromatic rings. The quantitative estimate of drug-likeness (QED) is 0.785. The molecule has 0 amide bonds. The minimum Gasteiger partial charge on any atom is -0.250 e. The molecule has 0 aliphatic rings. The molecule has 0 aliphatic heterocycles. The highest BCUT2D eigenvalue weighted by atomic mass is 79.9. The van der Waals surface area contributed by atoms with Crippen molar-refractivity contribution in [3.8, 4) is 0 Å². The van der Waals surface area contributed by atoms with Crippen LogP contribution < -0.4 is 0 Å². The zero-order valence-corrected chi connectivity index (χ0v) is 9.49. The summed E-state index contributed by atoms with van der Waals surface area (Å²) in [4.78, 5) is 12.2. The number of rotatable bonds is 2. The summed E-state index contributed by atoms with van der Waals surface area (Å²) in [5.74, 6) is 0. The maximum Gasteiger partial charge on any atom is 0.120 e. The lowest BCUT2D eigenvalue weighted by molar-refractivity contribution is 1.02. The fourth-order valence-electron chi connectivity index (χ4n) is 0.883. The van der Waals surface area contributed by atoms with Gasteiger partial charge in [-0.25, -0.2) is 15.0 Å². The summed E-state index contributed by atoms with van der Waals surface area (Å²) in [6.45, 7) is 0. The summed E-state index contributed by atoms with van der Waals surface area (Å²) < 4.78 is 0.885. The second kappa shape index (κ2) is 4.52. The van der Waals surface area contributed by atoms with Gasteiger partial charge in [0.15, 0.2) is 0 Å². The number of aromatic nitrogens is 3. The molecule has 0 saturated carbocycles. The highest BCUT2D eigenvalue weighted by Crippen LogP contribution is 2.28. The predicted octanol–water partition coefficient (Wildman–Crippen LogP) is 2.79. The summed E-state index contributed by atoms with van der Waals surface area (Å²) in [5.41, 5.74) is 0. The van der Waals surface area contributed by atoms with Crippen molar-refractivity contribution in [2.45, 2.75) is 10.1 Å². The zero-order valence-electron chi connectivity index (χ0n) is 7.09. The van der Waals surface area contributed by atoms with E-state index >= 15 is 0 Å². The van der Waals surface area contributed by atoms with Gasteiger partial charge >= 0.3 is 0 Å². The first-order valence-corrected chi connectivity index (χ1v) is 5.51. The van der Waals surface area contributed by atoms with Crippen LogP contribution in [-0.4, -0.2) is 15.0 Å². The molecule has 14 heavy (non-hydrogen) atoms. The molecule has 70 valence electrons. The van der Waals surface area contributed by atoms with Crippen molar-refractivity contribution < 1.29 is 0 Å². The average molecular weight is 268 g/mol. The van der Waals surface area contributed by atoms with Crippen LogP contribution in [0, 0.1) is 0 Å². The van der Waals surface area contributed by atoms with E-state index in [0.29, 0.717) is 0 Å². The molecule has 0 spiro atoms. The summed E-state index contributed by atoms with van der Waals surface area (Å²) in [7, 11) is 0. The second-order valence-corrected chi connectivity index (χ2v) is 4.31. The molecule has 0 aliphatic carbocycles. The van der Waals surface area contributed by atoms with Gasteiger partial charge in [0.25, 0.3) is 0 Å². The van der Waals surface area contributed by atoms with Gasteiger partial charge in [-0.05, 0) is 39.8 Å². The van der Waals surface area contributed by atoms with Gasteiger partial charge in [-0.3, -0.25) is 0 Å². The monoisotopic (exact) mass is 267 g/mol. The van der Waals surface area contributed by atoms with Crippen molar-refractivity contribution in [1.29, 1.82) is 0 Å². The van der Waals surface area contributed by atoms with Crippen LogP contribution in [-0.2, 0) is 0 Å². The zero-order chi connectivity index (χ0) is 9.80. The van der Waals surface area contributed by atoms with E-state index in [9.17, 15) is 0 Å². The van der Waals surface area contributed by atoms with E-state index in [4.69, 9.17) is 0 Å². The minimum atomic E-state index is 0.874. The smallest absolute Gasteiger partial charge is 0.120 e. The topological polar surface area (TPSA) is 38.7 Å². The van der Waals surface area contributed by atoms with Crippen LogP contribution in [0.2, 0.25) is 0 Å². The van der Waals surface area contributed by atoms with Gasteiger partial charge in [0, 0.05) is 12.4 Å². The Bertz CT molecular complexity index is 421. The Labute approximate surface area is 94.1 Å². The van der Waals surface area contributed by atoms with Crippen LogP contribution >= 0.6 is 27.7 Å². The Morgan fingerprint density at radius 2 is 2.14 bits per heavy atom. The third kappa shape index (κ3) is 2.30. The van der Waals surface area contributed by atoms with Gasteiger partial charge in [0.05, 0.1) is 4.47 Å². The fraction of sp³-hybridized carbons (Fsp3) is 0. The number of halogens is 1. The number of pyridine rings is 1. The summed E-state index contributed by atoms with van der Waals surface area (Å²) in [5, 5.41) is 1.80. The van der Waals surface area contributed by atoms with Crippen LogP contribution in [0.5, 0.6) is 0 Å². The lowest BCUT2D eigenvalue weighted by Gasteiger charge is -2.00. The van der Waals surface area contributed by atoms with Gasteiger partial charge in [0.2, 0.25) is 0 Å². The Morgan fingerprint density at radius 3 is 2.86 bits per heavy atom. The lowest BCUT2D eigenvalue weighted by atomic mass is 10.5. The number of hydrogen-bond acceptors (Lipinski definition) is 4. The maximum absolute atomic E-state index is 4.20. The second-order valence-electron chi connectivity index (χ2n) is 2.45. The van der Waals surface area contributed by atoms with E-state index in [0.717, 1.165) is 14.5 Å². The molecule has 0 aromatic carbocycles. The largest absolute Gasteiger partial charge is 0.250 e. The standard InChI is InChI=1S/C9H6BrN3S/c10-7-5-11-6-13-9(7)14-8-3-1-2-4-12-8/h1-6H. The Morgan fingerprint density at radius 1 is 1.21 bits per heavy atom. The molecule has 0 saturated heterocycles. The summed E-state index contributed by atoms with van der Waals surface area (Å²) in [6.07, 6.45) is 5.01. The molecule has 2 rings (SSSR count). The average Bonchev–Trinajstić information content (AvgIpc) is 2.23. The number of nitrogens with zero attached hydrogens (tertiary/aromatic N) is 3. The van der Waals surface area contributed by atoms with Crippen LogP contribution in [0.3, 0.4) is 0 Å². The van der Waals surface area contributed by atoms with Crippen LogP contribution in [0.4, 0.5) is 0 Å². The van der Waals surface area contributed by atoms with E-state index in [2.05, 4.69) is 30.9 Å². The fourth-order valence-corrected chi connectivity index (χ4v) is 2.05. The Kier molecular flexibility index (Phi) is 3.10. The first kappa shape index (κ1) is 9.61. The van der Waals surface area contributed by atoms with Crippen molar-refractivity contribution in [3.05, 3.63) is 41.4 Å². The van der Waals surface area contributed by atoms with Gasteiger partial charge in [0.1, 0.15) is 16.4 Å². The van der Waals surface area contributed by atoms with E-state index in [1.54, 1.807) is 12.4 Å². The molecule has 2 heterocycles. The first-order valence-electron chi connectivity index (χ1n) is 3.90. The van der Waals surface area contributed by atoms with Crippen molar-refractivity contribution in [2.24, 2.45) is 0 Å². The van der Waals surface area contributed by atoms with Gasteiger partial charge in [-0.15, -0.1) is 0 Å². The van der Waals surface area contributed by atoms with Crippen molar-refractivity contribution in [1.82, 2.24) is 15.0 Å². The molecule has 0 N–H and O–H groups in total. The van der Waals surface area contributed by atoms with Gasteiger partial charge < -0.3 is 0 Å². The Balaban J connectivity index is 2.24. The van der Waals surface area contributed by atoms with E-state index in [1.807, 2.05) is 18.2 Å². The van der Waals surface area contributed by atoms with E-state index in [1.165, 1.54) is 18.1 Å². The Hall–Kier alpha value is -0.940. The first-order chi connectivity index (χ1) is 6.86. The highest BCUT2D eigenvalue weighted by molar-refractivity contribution is 9.10. The molecule has 0 unspecified atom stereocenters. The molecular weight excluding hydrogens is 262 g/mol. The molecule has 0 atom stereocenters. The van der Waals surface area contributed by atoms with Crippen LogP contribution in [0.25, 0.3) is 0 Å². The molecule has 0 radical (unpaired) electrons. The third-order valence-electron chi connectivity index (χ3n) is 1.47. The third-order valence-corrected chi connectivity index (χ3v) is 3.28. The lowest BCUT2D eigenvalue weighted by Crippen LogP contribution is -1.84. The van der Waals surface area contributed by atoms with Crippen molar-refractivity contribution in [3.63, 3.8) is 0 Å². The molecule has 2 aromatic heterocycles. The van der Waals surface area contributed by atoms with Crippen molar-refractivity contribution >= 4 is 27.7 Å². The predicted molar refractivity (Wildman–Crippen MR) is 58.1 cm³/mol. The van der Waals surface area contributed by atoms with Crippen LogP contribution in [0.1, 0.15) is 0 Å². The molecule has 0 bridgehead atoms. The van der Waals surface area contributed by atoms with Gasteiger partial charge in [-0.1, -0.05) is 6.07 Å². The van der Waals surface area contributed by atoms with Crippen molar-refractivity contribution in [2.75, 3.05) is 0 Å². The summed E-state index contributed by atoms with van der Waals surface area (Å²) >= 11 is 4.89. The van der Waals surface area contributed by atoms with E-state index < -0.39 is 0 Å². The maximum atomic E-state index is 4.20. The van der Waals surface area contributed by atoms with Gasteiger partial charge in [-0.2, -0.15) is 0 Å². The SMILES string of the molecule is Brc1cncnc1Sc1ccccn1.